The molecule has 22 heavy (non-hydrogen) atoms. The van der Waals surface area contributed by atoms with Crippen LogP contribution in [0.3, 0.4) is 0 Å². The number of carbonyl (C=O) groups excluding carboxylic acids is 3. The molecule has 0 radical (unpaired) electrons. The van der Waals surface area contributed by atoms with Crippen molar-refractivity contribution in [3.63, 3.8) is 0 Å². The zero-order chi connectivity index (χ0) is 15.9. The molecule has 7 heteroatoms. The summed E-state index contributed by atoms with van der Waals surface area (Å²) in [5.74, 6) is -1.44. The van der Waals surface area contributed by atoms with Crippen molar-refractivity contribution < 1.29 is 18.8 Å². The lowest BCUT2D eigenvalue weighted by Gasteiger charge is -2.14. The van der Waals surface area contributed by atoms with Crippen molar-refractivity contribution in [2.24, 2.45) is 0 Å². The maximum atomic E-state index is 11.9. The Labute approximate surface area is 126 Å². The molecule has 1 atom stereocenters. The molecule has 2 aromatic rings. The van der Waals surface area contributed by atoms with Gasteiger partial charge in [-0.3, -0.25) is 25.2 Å². The van der Waals surface area contributed by atoms with Crippen LogP contribution < -0.4 is 16.2 Å². The summed E-state index contributed by atoms with van der Waals surface area (Å²) in [6, 6.07) is 10.7. The second-order valence-electron chi connectivity index (χ2n) is 4.48. The number of furan rings is 1. The lowest BCUT2D eigenvalue weighted by molar-refractivity contribution is -0.123. The topological polar surface area (TPSA) is 100 Å². The van der Waals surface area contributed by atoms with Crippen molar-refractivity contribution in [2.45, 2.75) is 13.0 Å². The van der Waals surface area contributed by atoms with E-state index < -0.39 is 17.9 Å². The van der Waals surface area contributed by atoms with Crippen molar-refractivity contribution in [1.29, 1.82) is 0 Å². The van der Waals surface area contributed by atoms with Crippen LogP contribution in [0, 0.1) is 0 Å². The lowest BCUT2D eigenvalue weighted by atomic mass is 10.2. The van der Waals surface area contributed by atoms with E-state index in [1.54, 1.807) is 36.4 Å². The predicted molar refractivity (Wildman–Crippen MR) is 77.7 cm³/mol. The van der Waals surface area contributed by atoms with Crippen LogP contribution >= 0.6 is 0 Å². The Morgan fingerprint density at radius 1 is 0.955 bits per heavy atom. The van der Waals surface area contributed by atoms with E-state index >= 15 is 0 Å². The first-order valence-corrected chi connectivity index (χ1v) is 6.57. The van der Waals surface area contributed by atoms with Crippen LogP contribution in [-0.4, -0.2) is 23.8 Å². The number of nitrogens with one attached hydrogen (secondary N) is 3. The summed E-state index contributed by atoms with van der Waals surface area (Å²) >= 11 is 0. The molecule has 0 saturated heterocycles. The average Bonchev–Trinajstić information content (AvgIpc) is 3.07. The average molecular weight is 301 g/mol. The van der Waals surface area contributed by atoms with Crippen LogP contribution in [0.5, 0.6) is 0 Å². The molecule has 3 N–H and O–H groups in total. The van der Waals surface area contributed by atoms with Gasteiger partial charge in [0.25, 0.3) is 11.8 Å². The first-order valence-electron chi connectivity index (χ1n) is 6.57. The minimum atomic E-state index is -0.815. The van der Waals surface area contributed by atoms with E-state index in [0.29, 0.717) is 5.56 Å². The summed E-state index contributed by atoms with van der Waals surface area (Å²) < 4.78 is 4.88. The third-order valence-electron chi connectivity index (χ3n) is 2.82. The van der Waals surface area contributed by atoms with Gasteiger partial charge in [0.1, 0.15) is 6.04 Å². The quantitative estimate of drug-likeness (QED) is 0.729. The fourth-order valence-electron chi connectivity index (χ4n) is 1.63. The number of hydrazine groups is 1. The summed E-state index contributed by atoms with van der Waals surface area (Å²) in [5, 5.41) is 2.53. The molecule has 1 unspecified atom stereocenters. The maximum Gasteiger partial charge on any atom is 0.305 e. The molecule has 2 rings (SSSR count). The van der Waals surface area contributed by atoms with Crippen molar-refractivity contribution >= 4 is 17.7 Å². The van der Waals surface area contributed by atoms with Gasteiger partial charge in [0.15, 0.2) is 5.76 Å². The second-order valence-corrected chi connectivity index (χ2v) is 4.48. The van der Waals surface area contributed by atoms with Crippen molar-refractivity contribution in [3.8, 4) is 0 Å². The van der Waals surface area contributed by atoms with Crippen LogP contribution in [0.4, 0.5) is 0 Å². The summed E-state index contributed by atoms with van der Waals surface area (Å²) in [7, 11) is 0. The first kappa shape index (κ1) is 15.3. The van der Waals surface area contributed by atoms with Crippen LogP contribution in [0.2, 0.25) is 0 Å². The minimum Gasteiger partial charge on any atom is -0.459 e. The molecule has 1 aromatic heterocycles. The third kappa shape index (κ3) is 3.95. The number of hydrogen-bond donors (Lipinski definition) is 3. The van der Waals surface area contributed by atoms with Crippen molar-refractivity contribution in [1.82, 2.24) is 16.2 Å². The minimum absolute atomic E-state index is 0.0706. The number of rotatable bonds is 4. The van der Waals surface area contributed by atoms with Gasteiger partial charge < -0.3 is 9.73 Å². The van der Waals surface area contributed by atoms with Crippen LogP contribution in [0.15, 0.2) is 53.1 Å². The van der Waals surface area contributed by atoms with E-state index in [0.717, 1.165) is 0 Å². The molecule has 0 aliphatic carbocycles. The highest BCUT2D eigenvalue weighted by atomic mass is 16.3. The summed E-state index contributed by atoms with van der Waals surface area (Å²) in [6.07, 6.45) is 1.35. The van der Waals surface area contributed by atoms with E-state index in [1.807, 2.05) is 0 Å². The summed E-state index contributed by atoms with van der Waals surface area (Å²) in [6.45, 7) is 1.51. The molecule has 0 aliphatic rings. The Bertz CT molecular complexity index is 653. The van der Waals surface area contributed by atoms with E-state index in [1.165, 1.54) is 19.3 Å². The lowest BCUT2D eigenvalue weighted by Crippen LogP contribution is -2.51. The fraction of sp³-hybridized carbons (Fsp3) is 0.133. The molecule has 1 aromatic carbocycles. The first-order chi connectivity index (χ1) is 10.6. The number of carbonyl (C=O) groups is 3. The molecule has 0 saturated carbocycles. The smallest absolute Gasteiger partial charge is 0.305 e. The van der Waals surface area contributed by atoms with Crippen molar-refractivity contribution in [3.05, 3.63) is 60.1 Å². The monoisotopic (exact) mass is 301 g/mol. The molecule has 0 spiro atoms. The van der Waals surface area contributed by atoms with Gasteiger partial charge in [-0.1, -0.05) is 18.2 Å². The molecular weight excluding hydrogens is 286 g/mol. The number of hydrogen-bond acceptors (Lipinski definition) is 4. The zero-order valence-electron chi connectivity index (χ0n) is 11.8. The molecule has 0 bridgehead atoms. The molecule has 0 aliphatic heterocycles. The van der Waals surface area contributed by atoms with Gasteiger partial charge in [0.2, 0.25) is 0 Å². The standard InChI is InChI=1S/C15H15N3O4/c1-10(16-14(20)11-6-3-2-4-7-11)13(19)17-18-15(21)12-8-5-9-22-12/h2-10H,1H3,(H,16,20)(H,17,19)(H,18,21). The maximum absolute atomic E-state index is 11.9. The van der Waals surface area contributed by atoms with Gasteiger partial charge in [-0.2, -0.15) is 0 Å². The Morgan fingerprint density at radius 2 is 1.68 bits per heavy atom. The molecule has 0 fully saturated rings. The molecular formula is C15H15N3O4. The highest BCUT2D eigenvalue weighted by molar-refractivity contribution is 5.98. The highest BCUT2D eigenvalue weighted by Crippen LogP contribution is 1.99. The largest absolute Gasteiger partial charge is 0.459 e. The molecule has 3 amide bonds. The van der Waals surface area contributed by atoms with E-state index in [4.69, 9.17) is 4.42 Å². The van der Waals surface area contributed by atoms with E-state index in [-0.39, 0.29) is 11.7 Å². The third-order valence-corrected chi connectivity index (χ3v) is 2.82. The van der Waals surface area contributed by atoms with Crippen molar-refractivity contribution in [2.75, 3.05) is 0 Å². The summed E-state index contributed by atoms with van der Waals surface area (Å²) in [5.41, 5.74) is 4.86. The Hall–Kier alpha value is -3.09. The summed E-state index contributed by atoms with van der Waals surface area (Å²) in [4.78, 5) is 35.3. The Kier molecular flexibility index (Phi) is 4.92. The van der Waals surface area contributed by atoms with Gasteiger partial charge in [-0.05, 0) is 31.2 Å². The van der Waals surface area contributed by atoms with Gasteiger partial charge >= 0.3 is 5.91 Å². The normalized spacial score (nSPS) is 11.3. The van der Waals surface area contributed by atoms with Crippen LogP contribution in [-0.2, 0) is 4.79 Å². The Morgan fingerprint density at radius 3 is 2.32 bits per heavy atom. The van der Waals surface area contributed by atoms with Crippen LogP contribution in [0.25, 0.3) is 0 Å². The Balaban J connectivity index is 1.82. The van der Waals surface area contributed by atoms with E-state index in [2.05, 4.69) is 16.2 Å². The molecule has 114 valence electrons. The van der Waals surface area contributed by atoms with Gasteiger partial charge in [0, 0.05) is 5.56 Å². The fourth-order valence-corrected chi connectivity index (χ4v) is 1.63. The molecule has 7 nitrogen and oxygen atoms in total. The SMILES string of the molecule is CC(NC(=O)c1ccccc1)C(=O)NNC(=O)c1ccco1. The van der Waals surface area contributed by atoms with Gasteiger partial charge in [0.05, 0.1) is 6.26 Å². The molecule has 1 heterocycles. The van der Waals surface area contributed by atoms with E-state index in [9.17, 15) is 14.4 Å². The zero-order valence-corrected chi connectivity index (χ0v) is 11.8. The predicted octanol–water partition coefficient (Wildman–Crippen LogP) is 0.859. The number of amides is 3. The number of benzene rings is 1. The second kappa shape index (κ2) is 7.07. The highest BCUT2D eigenvalue weighted by Gasteiger charge is 2.17. The van der Waals surface area contributed by atoms with Gasteiger partial charge in [-0.25, -0.2) is 0 Å². The van der Waals surface area contributed by atoms with Crippen LogP contribution in [0.1, 0.15) is 27.8 Å². The van der Waals surface area contributed by atoms with Gasteiger partial charge in [-0.15, -0.1) is 0 Å².